The summed E-state index contributed by atoms with van der Waals surface area (Å²) in [6.07, 6.45) is 2.77. The van der Waals surface area contributed by atoms with E-state index in [2.05, 4.69) is 43.2 Å². The van der Waals surface area contributed by atoms with Gasteiger partial charge >= 0.3 is 0 Å². The van der Waals surface area contributed by atoms with Gasteiger partial charge in [-0.2, -0.15) is 5.26 Å². The van der Waals surface area contributed by atoms with E-state index in [0.29, 0.717) is 5.56 Å². The Labute approximate surface area is 123 Å². The second-order valence-corrected chi connectivity index (χ2v) is 6.14. The quantitative estimate of drug-likeness (QED) is 0.862. The Bertz CT molecular complexity index is 510. The first-order valence-corrected chi connectivity index (χ1v) is 7.36. The van der Waals surface area contributed by atoms with Crippen molar-refractivity contribution < 1.29 is 4.79 Å². The highest BCUT2D eigenvalue weighted by molar-refractivity contribution is 9.11. The lowest BCUT2D eigenvalue weighted by molar-refractivity contribution is 0.0932. The van der Waals surface area contributed by atoms with E-state index >= 15 is 0 Å². The molecule has 1 fully saturated rings. The van der Waals surface area contributed by atoms with Crippen LogP contribution in [-0.4, -0.2) is 11.9 Å². The molecule has 1 aliphatic carbocycles. The van der Waals surface area contributed by atoms with Crippen molar-refractivity contribution >= 4 is 37.8 Å². The van der Waals surface area contributed by atoms with Gasteiger partial charge in [0.1, 0.15) is 0 Å². The van der Waals surface area contributed by atoms with Gasteiger partial charge in [-0.05, 0) is 53.4 Å². The molecule has 1 N–H and O–H groups in total. The van der Waals surface area contributed by atoms with Crippen molar-refractivity contribution in [3.63, 3.8) is 0 Å². The Morgan fingerprint density at radius 2 is 2.17 bits per heavy atom. The Hall–Kier alpha value is -0.860. The Kier molecular flexibility index (Phi) is 4.41. The monoisotopic (exact) mass is 370 g/mol. The number of halogens is 2. The van der Waals surface area contributed by atoms with Gasteiger partial charge in [0.25, 0.3) is 5.91 Å². The number of hydrogen-bond donors (Lipinski definition) is 1. The third-order valence-electron chi connectivity index (χ3n) is 3.17. The third kappa shape index (κ3) is 2.93. The molecule has 2 rings (SSSR count). The van der Waals surface area contributed by atoms with Gasteiger partial charge in [-0.15, -0.1) is 0 Å². The number of hydrogen-bond acceptors (Lipinski definition) is 2. The summed E-state index contributed by atoms with van der Waals surface area (Å²) in [7, 11) is 0. The van der Waals surface area contributed by atoms with Crippen LogP contribution in [0.5, 0.6) is 0 Å². The number of nitrogens with one attached hydrogen (secondary N) is 1. The van der Waals surface area contributed by atoms with Crippen LogP contribution in [0.3, 0.4) is 0 Å². The van der Waals surface area contributed by atoms with E-state index in [-0.39, 0.29) is 17.9 Å². The van der Waals surface area contributed by atoms with Crippen LogP contribution in [0.4, 0.5) is 0 Å². The zero-order chi connectivity index (χ0) is 13.1. The first-order valence-electron chi connectivity index (χ1n) is 5.77. The molecule has 18 heavy (non-hydrogen) atoms. The molecule has 0 aliphatic heterocycles. The molecule has 5 heteroatoms. The number of amides is 1. The second-order valence-electron chi connectivity index (χ2n) is 4.37. The first-order chi connectivity index (χ1) is 8.61. The van der Waals surface area contributed by atoms with Crippen LogP contribution in [0.1, 0.15) is 29.6 Å². The molecule has 2 unspecified atom stereocenters. The fraction of sp³-hybridized carbons (Fsp3) is 0.385. The van der Waals surface area contributed by atoms with E-state index in [4.69, 9.17) is 5.26 Å². The van der Waals surface area contributed by atoms with Crippen LogP contribution in [0.15, 0.2) is 27.1 Å². The minimum atomic E-state index is -0.124. The molecule has 0 bridgehead atoms. The van der Waals surface area contributed by atoms with Crippen molar-refractivity contribution in [1.29, 1.82) is 5.26 Å². The zero-order valence-electron chi connectivity index (χ0n) is 9.62. The fourth-order valence-electron chi connectivity index (χ4n) is 2.21. The predicted octanol–water partition coefficient (Wildman–Crippen LogP) is 3.63. The summed E-state index contributed by atoms with van der Waals surface area (Å²) in [4.78, 5) is 12.1. The lowest BCUT2D eigenvalue weighted by Gasteiger charge is -2.16. The Morgan fingerprint density at radius 3 is 2.83 bits per heavy atom. The molecule has 0 aromatic heterocycles. The van der Waals surface area contributed by atoms with Gasteiger partial charge < -0.3 is 5.32 Å². The standard InChI is InChI=1S/C13H12Br2N2O/c14-9-4-5-10(11(15)6-9)13(18)17-12-3-1-2-8(12)7-16/h4-6,8,12H,1-3H2,(H,17,18). The minimum Gasteiger partial charge on any atom is -0.348 e. The molecule has 0 saturated heterocycles. The average Bonchev–Trinajstić information content (AvgIpc) is 2.76. The van der Waals surface area contributed by atoms with Crippen LogP contribution in [0.2, 0.25) is 0 Å². The fourth-order valence-corrected chi connectivity index (χ4v) is 3.43. The van der Waals surface area contributed by atoms with Crippen LogP contribution in [-0.2, 0) is 0 Å². The lowest BCUT2D eigenvalue weighted by atomic mass is 10.1. The number of nitrogens with zero attached hydrogens (tertiary/aromatic N) is 1. The zero-order valence-corrected chi connectivity index (χ0v) is 12.8. The van der Waals surface area contributed by atoms with E-state index < -0.39 is 0 Å². The van der Waals surface area contributed by atoms with Crippen LogP contribution in [0.25, 0.3) is 0 Å². The third-order valence-corrected chi connectivity index (χ3v) is 4.32. The summed E-state index contributed by atoms with van der Waals surface area (Å²) >= 11 is 6.72. The Balaban J connectivity index is 2.10. The molecule has 0 radical (unpaired) electrons. The lowest BCUT2D eigenvalue weighted by Crippen LogP contribution is -2.37. The highest BCUT2D eigenvalue weighted by Crippen LogP contribution is 2.26. The van der Waals surface area contributed by atoms with Gasteiger partial charge in [-0.25, -0.2) is 0 Å². The molecule has 1 aromatic carbocycles. The van der Waals surface area contributed by atoms with E-state index in [1.54, 1.807) is 6.07 Å². The van der Waals surface area contributed by atoms with Gasteiger partial charge in [0.2, 0.25) is 0 Å². The summed E-state index contributed by atoms with van der Waals surface area (Å²) < 4.78 is 1.67. The van der Waals surface area contributed by atoms with Gasteiger partial charge in [0.15, 0.2) is 0 Å². The summed E-state index contributed by atoms with van der Waals surface area (Å²) in [6.45, 7) is 0. The molecule has 0 heterocycles. The van der Waals surface area contributed by atoms with Crippen molar-refractivity contribution in [2.24, 2.45) is 5.92 Å². The van der Waals surface area contributed by atoms with Crippen molar-refractivity contribution in [3.8, 4) is 6.07 Å². The van der Waals surface area contributed by atoms with Crippen LogP contribution >= 0.6 is 31.9 Å². The molecule has 1 aromatic rings. The van der Waals surface area contributed by atoms with E-state index in [1.807, 2.05) is 12.1 Å². The largest absolute Gasteiger partial charge is 0.348 e. The van der Waals surface area contributed by atoms with Crippen molar-refractivity contribution in [1.82, 2.24) is 5.32 Å². The first kappa shape index (κ1) is 13.6. The van der Waals surface area contributed by atoms with Gasteiger partial charge in [-0.1, -0.05) is 15.9 Å². The van der Waals surface area contributed by atoms with Crippen molar-refractivity contribution in [3.05, 3.63) is 32.7 Å². The van der Waals surface area contributed by atoms with E-state index in [0.717, 1.165) is 28.2 Å². The summed E-state index contributed by atoms with van der Waals surface area (Å²) in [5.41, 5.74) is 0.599. The molecule has 0 spiro atoms. The van der Waals surface area contributed by atoms with Gasteiger partial charge in [-0.3, -0.25) is 4.79 Å². The highest BCUT2D eigenvalue weighted by atomic mass is 79.9. The van der Waals surface area contributed by atoms with Gasteiger partial charge in [0.05, 0.1) is 17.6 Å². The average molecular weight is 372 g/mol. The van der Waals surface area contributed by atoms with E-state index in [1.165, 1.54) is 0 Å². The molecule has 1 saturated carbocycles. The van der Waals surface area contributed by atoms with E-state index in [9.17, 15) is 4.79 Å². The number of rotatable bonds is 2. The van der Waals surface area contributed by atoms with Crippen LogP contribution in [0, 0.1) is 17.2 Å². The molecule has 1 aliphatic rings. The van der Waals surface area contributed by atoms with Crippen molar-refractivity contribution in [2.75, 3.05) is 0 Å². The summed E-state index contributed by atoms with van der Waals surface area (Å²) in [5, 5.41) is 11.9. The smallest absolute Gasteiger partial charge is 0.252 e. The number of benzene rings is 1. The predicted molar refractivity (Wildman–Crippen MR) is 76.1 cm³/mol. The van der Waals surface area contributed by atoms with Crippen LogP contribution < -0.4 is 5.32 Å². The Morgan fingerprint density at radius 1 is 1.39 bits per heavy atom. The normalized spacial score (nSPS) is 22.5. The molecule has 1 amide bonds. The minimum absolute atomic E-state index is 0.0157. The molecular formula is C13H12Br2N2O. The highest BCUT2D eigenvalue weighted by Gasteiger charge is 2.28. The van der Waals surface area contributed by atoms with Crippen molar-refractivity contribution in [2.45, 2.75) is 25.3 Å². The maximum Gasteiger partial charge on any atom is 0.252 e. The summed E-state index contributed by atoms with van der Waals surface area (Å²) in [5.74, 6) is -0.176. The topological polar surface area (TPSA) is 52.9 Å². The maximum atomic E-state index is 12.1. The summed E-state index contributed by atoms with van der Waals surface area (Å²) in [6, 6.07) is 7.68. The number of carbonyl (C=O) groups is 1. The second kappa shape index (κ2) is 5.85. The van der Waals surface area contributed by atoms with Gasteiger partial charge in [0, 0.05) is 15.0 Å². The maximum absolute atomic E-state index is 12.1. The molecule has 3 nitrogen and oxygen atoms in total. The molecular weight excluding hydrogens is 360 g/mol. The number of nitriles is 1. The number of carbonyl (C=O) groups excluding carboxylic acids is 1. The SMILES string of the molecule is N#CC1CCCC1NC(=O)c1ccc(Br)cc1Br. The molecule has 2 atom stereocenters. The molecule has 94 valence electrons.